The Hall–Kier alpha value is -4.43. The van der Waals surface area contributed by atoms with Gasteiger partial charge < -0.3 is 25.5 Å². The lowest BCUT2D eigenvalue weighted by molar-refractivity contribution is -0.146. The minimum Gasteiger partial charge on any atom is -0.391 e. The Balaban J connectivity index is 0.926. The van der Waals surface area contributed by atoms with E-state index >= 15 is 0 Å². The second kappa shape index (κ2) is 26.7. The lowest BCUT2D eigenvalue weighted by Crippen LogP contribution is -2.50. The highest BCUT2D eigenvalue weighted by Crippen LogP contribution is 2.35. The van der Waals surface area contributed by atoms with Crippen molar-refractivity contribution in [2.45, 2.75) is 130 Å². The maximum absolute atomic E-state index is 14.7. The molecule has 1 fully saturated rings. The first kappa shape index (κ1) is 55.5. The zero-order valence-corrected chi connectivity index (χ0v) is 43.6. The standard InChI is InChI=1S/C52H68F3IN6O6S/c1-33(35-17-19-36(20-18-35)48-34(2)57-32-69-48)58-50(66)45-30-39(64)31-62(45)51(67)41(52(3,4)5)29-38(63)16-12-10-8-7-9-11-13-25-61(6)26-14-15-27-68-60-49(65)40-22-23-42(53)46(55)47(40)59-44-24-21-37(56)28-43(44)54/h17-24,28,32-33,39,41,45,59,64H,7-16,25-27,29-31H2,1-6H3,(H,58,66)(H,60,65)/t33-,39+,41+,45-/m0/s1. The molecule has 0 bridgehead atoms. The van der Waals surface area contributed by atoms with Crippen molar-refractivity contribution in [1.29, 1.82) is 0 Å². The molecular weight excluding hydrogens is 1020 g/mol. The number of β-amino-alcohol motifs (C(OH)–C–C–N with tert-alkyl or cyclic N) is 1. The SMILES string of the molecule is Cc1ncsc1-c1ccc([C@H](C)NC(=O)[C@@H]2C[C@@H](O)CN2C(=O)[C@@H](CC(=O)CCCCCCCCCN(C)CCCCONC(=O)c2ccc(F)c(F)c2Nc2ccc(I)cc2F)C(C)(C)C)cc1. The number of aromatic nitrogens is 1. The third-order valence-electron chi connectivity index (χ3n) is 12.6. The van der Waals surface area contributed by atoms with E-state index in [-0.39, 0.29) is 60.9 Å². The molecule has 17 heteroatoms. The summed E-state index contributed by atoms with van der Waals surface area (Å²) in [5, 5.41) is 16.2. The molecule has 0 unspecified atom stereocenters. The van der Waals surface area contributed by atoms with E-state index in [0.29, 0.717) is 16.4 Å². The Morgan fingerprint density at radius 2 is 1.59 bits per heavy atom. The first-order valence-corrected chi connectivity index (χ1v) is 25.9. The molecule has 0 radical (unpaired) electrons. The van der Waals surface area contributed by atoms with Crippen LogP contribution in [0, 0.1) is 39.3 Å². The van der Waals surface area contributed by atoms with Crippen LogP contribution in [0.3, 0.4) is 0 Å². The fraction of sp³-hybridized carbons (Fsp3) is 0.519. The number of Topliss-reactive ketones (excluding diaryl/α,β-unsaturated/α-hetero) is 1. The van der Waals surface area contributed by atoms with Gasteiger partial charge in [-0.1, -0.05) is 77.1 Å². The van der Waals surface area contributed by atoms with Crippen molar-refractivity contribution >= 4 is 68.8 Å². The summed E-state index contributed by atoms with van der Waals surface area (Å²) in [6.07, 6.45) is 8.33. The minimum atomic E-state index is -1.31. The summed E-state index contributed by atoms with van der Waals surface area (Å²) >= 11 is 3.51. The number of carbonyl (C=O) groups excluding carboxylic acids is 4. The molecule has 0 aliphatic carbocycles. The number of ketones is 1. The topological polar surface area (TPSA) is 153 Å². The molecule has 1 aliphatic rings. The number of nitrogens with one attached hydrogen (secondary N) is 3. The number of unbranched alkanes of at least 4 members (excludes halogenated alkanes) is 7. The molecule has 3 amide bonds. The first-order valence-electron chi connectivity index (χ1n) is 24.0. The molecule has 0 spiro atoms. The van der Waals surface area contributed by atoms with Crippen LogP contribution in [0.5, 0.6) is 0 Å². The van der Waals surface area contributed by atoms with Crippen LogP contribution in [0.1, 0.15) is 132 Å². The van der Waals surface area contributed by atoms with Crippen LogP contribution < -0.4 is 16.1 Å². The van der Waals surface area contributed by atoms with Gasteiger partial charge in [0, 0.05) is 35.3 Å². The largest absolute Gasteiger partial charge is 0.391 e. The molecule has 0 saturated carbocycles. The summed E-state index contributed by atoms with van der Waals surface area (Å²) in [5.41, 5.74) is 5.69. The molecule has 5 rings (SSSR count). The van der Waals surface area contributed by atoms with Gasteiger partial charge >= 0.3 is 0 Å². The molecule has 3 aromatic carbocycles. The molecule has 4 aromatic rings. The fourth-order valence-electron chi connectivity index (χ4n) is 8.51. The normalized spacial score (nSPS) is 15.9. The van der Waals surface area contributed by atoms with Gasteiger partial charge in [0.25, 0.3) is 5.91 Å². The maximum atomic E-state index is 14.7. The number of carbonyl (C=O) groups is 4. The Morgan fingerprint density at radius 3 is 2.25 bits per heavy atom. The van der Waals surface area contributed by atoms with E-state index in [1.54, 1.807) is 17.4 Å². The highest BCUT2D eigenvalue weighted by atomic mass is 127. The number of halogens is 4. The minimum absolute atomic E-state index is 0.0370. The number of aliphatic hydroxyl groups is 1. The van der Waals surface area contributed by atoms with Gasteiger partial charge in [-0.3, -0.25) is 24.0 Å². The smallest absolute Gasteiger partial charge is 0.277 e. The number of likely N-dealkylation sites (tertiary alicyclic amines) is 1. The lowest BCUT2D eigenvalue weighted by atomic mass is 9.76. The van der Waals surface area contributed by atoms with Gasteiger partial charge in [-0.25, -0.2) is 23.6 Å². The van der Waals surface area contributed by atoms with Gasteiger partial charge in [0.15, 0.2) is 11.6 Å². The zero-order chi connectivity index (χ0) is 50.3. The number of aliphatic hydroxyl groups excluding tert-OH is 1. The zero-order valence-electron chi connectivity index (χ0n) is 40.6. The molecular formula is C52H68F3IN6O6S. The predicted molar refractivity (Wildman–Crippen MR) is 273 cm³/mol. The number of nitrogens with zero attached hydrogens (tertiary/aromatic N) is 3. The van der Waals surface area contributed by atoms with Gasteiger partial charge in [0.2, 0.25) is 11.8 Å². The van der Waals surface area contributed by atoms with Gasteiger partial charge in [-0.15, -0.1) is 11.3 Å². The second-order valence-corrected chi connectivity index (χ2v) is 21.3. The molecule has 1 aromatic heterocycles. The van der Waals surface area contributed by atoms with Crippen LogP contribution in [-0.2, 0) is 19.2 Å². The van der Waals surface area contributed by atoms with Crippen molar-refractivity contribution in [3.8, 4) is 10.4 Å². The molecule has 4 atom stereocenters. The predicted octanol–water partition coefficient (Wildman–Crippen LogP) is 10.8. The van der Waals surface area contributed by atoms with Crippen molar-refractivity contribution in [2.24, 2.45) is 11.3 Å². The highest BCUT2D eigenvalue weighted by molar-refractivity contribution is 14.1. The molecule has 4 N–H and O–H groups in total. The average Bonchev–Trinajstić information content (AvgIpc) is 3.92. The number of amides is 3. The summed E-state index contributed by atoms with van der Waals surface area (Å²) in [5.74, 6) is -5.13. The summed E-state index contributed by atoms with van der Waals surface area (Å²) in [7, 11) is 2.06. The number of benzene rings is 3. The van der Waals surface area contributed by atoms with Crippen molar-refractivity contribution < 1.29 is 42.3 Å². The third-order valence-corrected chi connectivity index (χ3v) is 14.3. The van der Waals surface area contributed by atoms with Crippen LogP contribution in [0.4, 0.5) is 24.5 Å². The second-order valence-electron chi connectivity index (χ2n) is 19.2. The summed E-state index contributed by atoms with van der Waals surface area (Å²) in [4.78, 5) is 68.4. The van der Waals surface area contributed by atoms with Crippen LogP contribution in [0.25, 0.3) is 10.4 Å². The van der Waals surface area contributed by atoms with Crippen LogP contribution in [-0.4, -0.2) is 88.8 Å². The monoisotopic (exact) mass is 1090 g/mol. The molecule has 12 nitrogen and oxygen atoms in total. The molecule has 2 heterocycles. The van der Waals surface area contributed by atoms with E-state index in [4.69, 9.17) is 4.84 Å². The molecule has 376 valence electrons. The number of rotatable bonds is 26. The quantitative estimate of drug-likeness (QED) is 0.0273. The Bertz CT molecular complexity index is 2350. The molecule has 1 saturated heterocycles. The van der Waals surface area contributed by atoms with Crippen molar-refractivity contribution in [2.75, 3.05) is 38.6 Å². The van der Waals surface area contributed by atoms with Crippen LogP contribution in [0.2, 0.25) is 0 Å². The van der Waals surface area contributed by atoms with Crippen LogP contribution >= 0.6 is 33.9 Å². The maximum Gasteiger partial charge on any atom is 0.277 e. The average molecular weight is 1090 g/mol. The number of hydrogen-bond acceptors (Lipinski definition) is 10. The Kier molecular flexibility index (Phi) is 21.5. The van der Waals surface area contributed by atoms with E-state index in [1.807, 2.05) is 87.0 Å². The van der Waals surface area contributed by atoms with E-state index in [0.717, 1.165) is 98.3 Å². The summed E-state index contributed by atoms with van der Waals surface area (Å²) in [6.45, 7) is 11.8. The van der Waals surface area contributed by atoms with Crippen molar-refractivity contribution in [1.82, 2.24) is 25.6 Å². The van der Waals surface area contributed by atoms with Gasteiger partial charge in [0.1, 0.15) is 17.6 Å². The van der Waals surface area contributed by atoms with E-state index in [2.05, 4.69) is 33.0 Å². The van der Waals surface area contributed by atoms with Gasteiger partial charge in [0.05, 0.1) is 51.8 Å². The van der Waals surface area contributed by atoms with E-state index < -0.39 is 52.5 Å². The summed E-state index contributed by atoms with van der Waals surface area (Å²) in [6, 6.07) is 13.0. The van der Waals surface area contributed by atoms with Crippen LogP contribution in [0.15, 0.2) is 60.1 Å². The van der Waals surface area contributed by atoms with Gasteiger partial charge in [-0.2, -0.15) is 0 Å². The number of aryl methyl sites for hydroxylation is 1. The number of thiazole rings is 1. The van der Waals surface area contributed by atoms with E-state index in [1.165, 1.54) is 17.0 Å². The van der Waals surface area contributed by atoms with Crippen molar-refractivity contribution in [3.05, 3.63) is 98.0 Å². The fourth-order valence-corrected chi connectivity index (χ4v) is 9.77. The third kappa shape index (κ3) is 16.6. The summed E-state index contributed by atoms with van der Waals surface area (Å²) < 4.78 is 43.8. The molecule has 69 heavy (non-hydrogen) atoms. The van der Waals surface area contributed by atoms with Crippen molar-refractivity contribution in [3.63, 3.8) is 0 Å². The number of hydrogen-bond donors (Lipinski definition) is 4. The first-order chi connectivity index (χ1) is 32.8. The number of hydroxylamine groups is 1. The Labute approximate surface area is 422 Å². The highest BCUT2D eigenvalue weighted by Gasteiger charge is 2.44. The molecule has 1 aliphatic heterocycles. The Morgan fingerprint density at radius 1 is 0.928 bits per heavy atom. The lowest BCUT2D eigenvalue weighted by Gasteiger charge is -2.35. The number of anilines is 2. The van der Waals surface area contributed by atoms with Gasteiger partial charge in [-0.05, 0) is 129 Å². The van der Waals surface area contributed by atoms with E-state index in [9.17, 15) is 37.5 Å².